The van der Waals surface area contributed by atoms with E-state index in [9.17, 15) is 0 Å². The van der Waals surface area contributed by atoms with Crippen molar-refractivity contribution in [1.29, 1.82) is 0 Å². The van der Waals surface area contributed by atoms with Crippen LogP contribution in [0.2, 0.25) is 0 Å². The van der Waals surface area contributed by atoms with Crippen molar-refractivity contribution in [1.82, 2.24) is 15.1 Å². The molecule has 5 nitrogen and oxygen atoms in total. The highest BCUT2D eigenvalue weighted by atomic mass is 16.5. The van der Waals surface area contributed by atoms with Crippen LogP contribution in [0.4, 0.5) is 5.82 Å². The summed E-state index contributed by atoms with van der Waals surface area (Å²) >= 11 is 0. The van der Waals surface area contributed by atoms with Crippen LogP contribution < -0.4 is 5.73 Å². The zero-order valence-electron chi connectivity index (χ0n) is 7.06. The molecule has 0 aliphatic rings. The van der Waals surface area contributed by atoms with Crippen LogP contribution in [0.3, 0.4) is 0 Å². The quantitative estimate of drug-likeness (QED) is 0.701. The van der Waals surface area contributed by atoms with Crippen LogP contribution in [-0.2, 0) is 0 Å². The second kappa shape index (κ2) is 2.85. The first-order valence-electron chi connectivity index (χ1n) is 3.77. The van der Waals surface area contributed by atoms with Crippen LogP contribution in [0.25, 0.3) is 11.5 Å². The number of hydrogen-bond acceptors (Lipinski definition) is 5. The summed E-state index contributed by atoms with van der Waals surface area (Å²) < 4.78 is 4.91. The molecule has 0 aliphatic heterocycles. The molecule has 2 rings (SSSR count). The van der Waals surface area contributed by atoms with Gasteiger partial charge in [-0.15, -0.1) is 0 Å². The van der Waals surface area contributed by atoms with Gasteiger partial charge < -0.3 is 10.3 Å². The third-order valence-electron chi connectivity index (χ3n) is 1.56. The number of nitrogens with two attached hydrogens (primary N) is 1. The van der Waals surface area contributed by atoms with Crippen LogP contribution in [-0.4, -0.2) is 15.1 Å². The number of rotatable bonds is 1. The number of hydrogen-bond donors (Lipinski definition) is 1. The van der Waals surface area contributed by atoms with E-state index >= 15 is 0 Å². The van der Waals surface area contributed by atoms with E-state index in [1.54, 1.807) is 18.5 Å². The Hall–Kier alpha value is -1.91. The minimum atomic E-state index is 0.345. The van der Waals surface area contributed by atoms with Crippen LogP contribution in [0, 0.1) is 6.92 Å². The Bertz CT molecular complexity index is 406. The Morgan fingerprint density at radius 3 is 2.69 bits per heavy atom. The van der Waals surface area contributed by atoms with Gasteiger partial charge in [0.15, 0.2) is 11.6 Å². The van der Waals surface area contributed by atoms with Crippen molar-refractivity contribution >= 4 is 5.82 Å². The van der Waals surface area contributed by atoms with Gasteiger partial charge in [-0.3, -0.25) is 4.98 Å². The molecule has 2 aromatic heterocycles. The minimum Gasteiger partial charge on any atom is -0.381 e. The Labute approximate surface area is 74.6 Å². The van der Waals surface area contributed by atoms with Crippen molar-refractivity contribution in [3.63, 3.8) is 0 Å². The maximum atomic E-state index is 5.39. The van der Waals surface area contributed by atoms with E-state index in [1.165, 1.54) is 0 Å². The summed E-state index contributed by atoms with van der Waals surface area (Å²) in [6.45, 7) is 1.87. The Kier molecular flexibility index (Phi) is 1.70. The maximum Gasteiger partial charge on any atom is 0.188 e. The Morgan fingerprint density at radius 2 is 2.15 bits per heavy atom. The summed E-state index contributed by atoms with van der Waals surface area (Å²) in [5.41, 5.74) is 6.88. The summed E-state index contributed by atoms with van der Waals surface area (Å²) in [5.74, 6) is 0.877. The lowest BCUT2D eigenvalue weighted by Gasteiger charge is -1.93. The molecule has 0 unspecified atom stereocenters. The molecule has 2 heterocycles. The fourth-order valence-electron chi connectivity index (χ4n) is 0.929. The first kappa shape index (κ1) is 7.72. The minimum absolute atomic E-state index is 0.345. The van der Waals surface area contributed by atoms with Crippen molar-refractivity contribution in [2.45, 2.75) is 6.92 Å². The van der Waals surface area contributed by atoms with Gasteiger partial charge in [0, 0.05) is 12.3 Å². The molecule has 5 heteroatoms. The van der Waals surface area contributed by atoms with Crippen LogP contribution in [0.1, 0.15) is 5.69 Å². The molecule has 0 spiro atoms. The Morgan fingerprint density at radius 1 is 1.31 bits per heavy atom. The summed E-state index contributed by atoms with van der Waals surface area (Å²) in [5, 5.41) is 3.55. The first-order valence-corrected chi connectivity index (χ1v) is 3.77. The molecule has 0 saturated carbocycles. The number of aromatic nitrogens is 3. The molecule has 0 fully saturated rings. The molecule has 0 radical (unpaired) electrons. The predicted molar refractivity (Wildman–Crippen MR) is 46.7 cm³/mol. The van der Waals surface area contributed by atoms with Crippen LogP contribution >= 0.6 is 0 Å². The van der Waals surface area contributed by atoms with E-state index in [-0.39, 0.29) is 0 Å². The average molecular weight is 176 g/mol. The monoisotopic (exact) mass is 176 g/mol. The van der Waals surface area contributed by atoms with E-state index < -0.39 is 0 Å². The van der Waals surface area contributed by atoms with E-state index in [0.717, 1.165) is 5.69 Å². The predicted octanol–water partition coefficient (Wildman–Crippen LogP) is 1.02. The molecule has 0 aliphatic carbocycles. The zero-order chi connectivity index (χ0) is 9.26. The molecule has 0 saturated heterocycles. The molecular weight excluding hydrogens is 168 g/mol. The van der Waals surface area contributed by atoms with E-state index in [4.69, 9.17) is 10.3 Å². The summed E-state index contributed by atoms with van der Waals surface area (Å²) in [4.78, 5) is 8.18. The lowest BCUT2D eigenvalue weighted by Crippen LogP contribution is -1.86. The van der Waals surface area contributed by atoms with Crippen molar-refractivity contribution in [3.8, 4) is 11.5 Å². The average Bonchev–Trinajstić information content (AvgIpc) is 2.53. The second-order valence-electron chi connectivity index (χ2n) is 2.66. The van der Waals surface area contributed by atoms with Gasteiger partial charge in [0.2, 0.25) is 0 Å². The van der Waals surface area contributed by atoms with E-state index in [0.29, 0.717) is 17.3 Å². The normalized spacial score (nSPS) is 10.2. The van der Waals surface area contributed by atoms with Gasteiger partial charge in [0.1, 0.15) is 5.69 Å². The second-order valence-corrected chi connectivity index (χ2v) is 2.66. The number of aryl methyl sites for hydroxylation is 1. The third-order valence-corrected chi connectivity index (χ3v) is 1.56. The van der Waals surface area contributed by atoms with Gasteiger partial charge in [-0.2, -0.15) is 0 Å². The lowest BCUT2D eigenvalue weighted by molar-refractivity contribution is 0.434. The van der Waals surface area contributed by atoms with Gasteiger partial charge in [-0.1, -0.05) is 5.16 Å². The fourth-order valence-corrected chi connectivity index (χ4v) is 0.929. The topological polar surface area (TPSA) is 77.8 Å². The van der Waals surface area contributed by atoms with Gasteiger partial charge in [-0.05, 0) is 6.92 Å². The number of nitrogens with zero attached hydrogens (tertiary/aromatic N) is 3. The van der Waals surface area contributed by atoms with Crippen LogP contribution in [0.15, 0.2) is 23.0 Å². The molecule has 0 bridgehead atoms. The van der Waals surface area contributed by atoms with Crippen molar-refractivity contribution in [2.24, 2.45) is 0 Å². The lowest BCUT2D eigenvalue weighted by atomic mass is 10.3. The standard InChI is InChI=1S/C8H8N4O/c1-5-3-11-6(4-10-5)7-2-8(9)12-13-7/h2-4H,1H3,(H2,9,12). The van der Waals surface area contributed by atoms with Crippen molar-refractivity contribution in [2.75, 3.05) is 5.73 Å². The van der Waals surface area contributed by atoms with Gasteiger partial charge in [0.25, 0.3) is 0 Å². The molecule has 2 aromatic rings. The molecule has 0 atom stereocenters. The highest BCUT2D eigenvalue weighted by Crippen LogP contribution is 2.17. The first-order chi connectivity index (χ1) is 6.25. The molecule has 66 valence electrons. The SMILES string of the molecule is Cc1cnc(-c2cc(N)no2)cn1. The molecule has 0 aromatic carbocycles. The van der Waals surface area contributed by atoms with Gasteiger partial charge >= 0.3 is 0 Å². The van der Waals surface area contributed by atoms with Crippen molar-refractivity contribution in [3.05, 3.63) is 24.2 Å². The summed E-state index contributed by atoms with van der Waals surface area (Å²) in [6, 6.07) is 1.61. The molecule has 13 heavy (non-hydrogen) atoms. The molecule has 2 N–H and O–H groups in total. The zero-order valence-corrected chi connectivity index (χ0v) is 7.06. The molecule has 0 amide bonds. The maximum absolute atomic E-state index is 5.39. The summed E-state index contributed by atoms with van der Waals surface area (Å²) in [7, 11) is 0. The Balaban J connectivity index is 2.41. The van der Waals surface area contributed by atoms with E-state index in [2.05, 4.69) is 15.1 Å². The van der Waals surface area contributed by atoms with Gasteiger partial charge in [0.05, 0.1) is 11.9 Å². The number of nitrogen functional groups attached to an aromatic ring is 1. The summed E-state index contributed by atoms with van der Waals surface area (Å²) in [6.07, 6.45) is 3.28. The smallest absolute Gasteiger partial charge is 0.188 e. The number of anilines is 1. The van der Waals surface area contributed by atoms with Crippen molar-refractivity contribution < 1.29 is 4.52 Å². The van der Waals surface area contributed by atoms with E-state index in [1.807, 2.05) is 6.92 Å². The highest BCUT2D eigenvalue weighted by molar-refractivity contribution is 5.53. The highest BCUT2D eigenvalue weighted by Gasteiger charge is 2.05. The van der Waals surface area contributed by atoms with Gasteiger partial charge in [-0.25, -0.2) is 4.98 Å². The van der Waals surface area contributed by atoms with Crippen LogP contribution in [0.5, 0.6) is 0 Å². The third kappa shape index (κ3) is 1.48. The molecular formula is C8H8N4O. The largest absolute Gasteiger partial charge is 0.381 e. The fraction of sp³-hybridized carbons (Fsp3) is 0.125.